The molecule has 1 aliphatic rings. The van der Waals surface area contributed by atoms with Crippen LogP contribution in [0.5, 0.6) is 0 Å². The molecule has 0 bridgehead atoms. The highest BCUT2D eigenvalue weighted by molar-refractivity contribution is 5.82. The van der Waals surface area contributed by atoms with Crippen LogP contribution < -0.4 is 5.32 Å². The van der Waals surface area contributed by atoms with Gasteiger partial charge in [0.15, 0.2) is 0 Å². The molecule has 9 heteroatoms. The number of rotatable bonds is 5. The van der Waals surface area contributed by atoms with Crippen LogP contribution in [0.2, 0.25) is 0 Å². The Bertz CT molecular complexity index is 965. The van der Waals surface area contributed by atoms with Gasteiger partial charge < -0.3 is 14.7 Å². The zero-order chi connectivity index (χ0) is 20.4. The molecule has 1 atom stereocenters. The summed E-state index contributed by atoms with van der Waals surface area (Å²) in [6.07, 6.45) is -0.828. The monoisotopic (exact) mass is 404 g/mol. The number of fused-ring (bicyclic) bond motifs is 1. The van der Waals surface area contributed by atoms with E-state index < -0.39 is 17.8 Å². The summed E-state index contributed by atoms with van der Waals surface area (Å²) in [6.45, 7) is 1.06. The van der Waals surface area contributed by atoms with Crippen molar-refractivity contribution < 1.29 is 22.4 Å². The maximum atomic E-state index is 12.8. The number of imidazole rings is 1. The Morgan fingerprint density at radius 3 is 2.76 bits per heavy atom. The molecular weight excluding hydrogens is 385 g/mol. The van der Waals surface area contributed by atoms with Crippen LogP contribution in [0.25, 0.3) is 0 Å². The Labute approximate surface area is 164 Å². The van der Waals surface area contributed by atoms with Gasteiger partial charge in [0.2, 0.25) is 5.91 Å². The molecule has 0 saturated heterocycles. The highest BCUT2D eigenvalue weighted by Crippen LogP contribution is 2.30. The van der Waals surface area contributed by atoms with Crippen molar-refractivity contribution in [1.29, 1.82) is 0 Å². The van der Waals surface area contributed by atoms with Gasteiger partial charge in [-0.3, -0.25) is 9.69 Å². The zero-order valence-corrected chi connectivity index (χ0v) is 15.4. The van der Waals surface area contributed by atoms with E-state index in [9.17, 15) is 18.0 Å². The van der Waals surface area contributed by atoms with Crippen molar-refractivity contribution in [3.63, 3.8) is 0 Å². The molecule has 2 aromatic heterocycles. The van der Waals surface area contributed by atoms with E-state index >= 15 is 0 Å². The number of hydrogen-bond donors (Lipinski definition) is 2. The van der Waals surface area contributed by atoms with Crippen LogP contribution >= 0.6 is 0 Å². The van der Waals surface area contributed by atoms with Crippen molar-refractivity contribution in [2.24, 2.45) is 0 Å². The third-order valence-electron chi connectivity index (χ3n) is 4.98. The van der Waals surface area contributed by atoms with Gasteiger partial charge in [0, 0.05) is 19.5 Å². The van der Waals surface area contributed by atoms with Crippen molar-refractivity contribution in [2.75, 3.05) is 0 Å². The first kappa shape index (κ1) is 19.3. The minimum Gasteiger partial charge on any atom is -0.467 e. The van der Waals surface area contributed by atoms with Gasteiger partial charge in [-0.05, 0) is 29.8 Å². The number of H-pyrrole nitrogens is 1. The van der Waals surface area contributed by atoms with E-state index in [0.29, 0.717) is 30.8 Å². The molecule has 1 aromatic carbocycles. The molecule has 0 aliphatic carbocycles. The first-order chi connectivity index (χ1) is 13.9. The van der Waals surface area contributed by atoms with Gasteiger partial charge in [0.25, 0.3) is 0 Å². The minimum atomic E-state index is -4.37. The summed E-state index contributed by atoms with van der Waals surface area (Å²) in [4.78, 5) is 22.1. The van der Waals surface area contributed by atoms with Crippen LogP contribution in [0.3, 0.4) is 0 Å². The minimum absolute atomic E-state index is 0.179. The van der Waals surface area contributed by atoms with E-state index in [4.69, 9.17) is 4.42 Å². The Kier molecular flexibility index (Phi) is 5.14. The number of furan rings is 1. The number of benzene rings is 1. The third-order valence-corrected chi connectivity index (χ3v) is 4.98. The predicted molar refractivity (Wildman–Crippen MR) is 97.3 cm³/mol. The third kappa shape index (κ3) is 4.34. The molecule has 3 heterocycles. The fourth-order valence-corrected chi connectivity index (χ4v) is 3.45. The van der Waals surface area contributed by atoms with Crippen molar-refractivity contribution >= 4 is 5.91 Å². The summed E-state index contributed by atoms with van der Waals surface area (Å²) in [5, 5.41) is 2.86. The number of amides is 1. The molecule has 2 N–H and O–H groups in total. The number of nitrogens with one attached hydrogen (secondary N) is 2. The number of aromatic nitrogens is 2. The molecule has 29 heavy (non-hydrogen) atoms. The van der Waals surface area contributed by atoms with Gasteiger partial charge >= 0.3 is 6.18 Å². The largest absolute Gasteiger partial charge is 0.467 e. The highest BCUT2D eigenvalue weighted by Gasteiger charge is 2.33. The Balaban J connectivity index is 1.50. The highest BCUT2D eigenvalue weighted by atomic mass is 19.4. The number of carbonyl (C=O) groups is 1. The fourth-order valence-electron chi connectivity index (χ4n) is 3.45. The van der Waals surface area contributed by atoms with E-state index in [0.717, 1.165) is 23.5 Å². The van der Waals surface area contributed by atoms with Crippen LogP contribution in [-0.2, 0) is 37.0 Å². The molecule has 0 radical (unpaired) electrons. The maximum absolute atomic E-state index is 12.8. The van der Waals surface area contributed by atoms with Crippen LogP contribution in [0.4, 0.5) is 13.2 Å². The number of nitrogens with zero attached hydrogens (tertiary/aromatic N) is 2. The van der Waals surface area contributed by atoms with E-state index in [2.05, 4.69) is 15.3 Å². The normalized spacial score (nSPS) is 17.1. The molecule has 152 valence electrons. The van der Waals surface area contributed by atoms with Crippen LogP contribution in [0, 0.1) is 0 Å². The second-order valence-corrected chi connectivity index (χ2v) is 6.94. The second-order valence-electron chi connectivity index (χ2n) is 6.94. The van der Waals surface area contributed by atoms with Gasteiger partial charge in [-0.15, -0.1) is 0 Å². The molecule has 4 rings (SSSR count). The Morgan fingerprint density at radius 1 is 1.28 bits per heavy atom. The molecule has 1 amide bonds. The topological polar surface area (TPSA) is 74.2 Å². The zero-order valence-electron chi connectivity index (χ0n) is 15.4. The Hall–Kier alpha value is -3.07. The maximum Gasteiger partial charge on any atom is 0.416 e. The van der Waals surface area contributed by atoms with Gasteiger partial charge in [0.1, 0.15) is 5.76 Å². The van der Waals surface area contributed by atoms with Crippen molar-refractivity contribution in [3.8, 4) is 0 Å². The first-order valence-electron chi connectivity index (χ1n) is 9.11. The number of aromatic amines is 1. The lowest BCUT2D eigenvalue weighted by Crippen LogP contribution is -2.49. The van der Waals surface area contributed by atoms with Crippen molar-refractivity contribution in [1.82, 2.24) is 20.2 Å². The lowest BCUT2D eigenvalue weighted by atomic mass is 10.0. The molecule has 0 unspecified atom stereocenters. The standard InChI is InChI=1S/C20H19F3N4O2/c21-20(22,23)14-5-3-13(4-6-14)10-27-11-17-16(25-12-26-17)8-18(27)19(28)24-9-15-2-1-7-29-15/h1-7,12,18H,8-11H2,(H,24,28)(H,25,26)/t18-/m0/s1. The molecule has 0 saturated carbocycles. The summed E-state index contributed by atoms with van der Waals surface area (Å²) in [7, 11) is 0. The number of alkyl halides is 3. The summed E-state index contributed by atoms with van der Waals surface area (Å²) in [5.74, 6) is 0.464. The molecular formula is C20H19F3N4O2. The summed E-state index contributed by atoms with van der Waals surface area (Å²) in [6, 6.07) is 8.05. The van der Waals surface area contributed by atoms with E-state index in [1.807, 2.05) is 4.90 Å². The second kappa shape index (κ2) is 7.75. The first-order valence-corrected chi connectivity index (χ1v) is 9.11. The Morgan fingerprint density at radius 2 is 2.07 bits per heavy atom. The summed E-state index contributed by atoms with van der Waals surface area (Å²) in [5.41, 5.74) is 1.74. The number of hydrogen-bond acceptors (Lipinski definition) is 4. The van der Waals surface area contributed by atoms with E-state index in [1.54, 1.807) is 18.5 Å². The van der Waals surface area contributed by atoms with Crippen molar-refractivity contribution in [2.45, 2.75) is 38.3 Å². The van der Waals surface area contributed by atoms with Gasteiger partial charge in [-0.25, -0.2) is 4.98 Å². The van der Waals surface area contributed by atoms with Gasteiger partial charge in [0.05, 0.1) is 42.1 Å². The average molecular weight is 404 g/mol. The van der Waals surface area contributed by atoms with Gasteiger partial charge in [-0.1, -0.05) is 12.1 Å². The number of carbonyl (C=O) groups excluding carboxylic acids is 1. The lowest BCUT2D eigenvalue weighted by molar-refractivity contribution is -0.137. The van der Waals surface area contributed by atoms with Crippen LogP contribution in [0.15, 0.2) is 53.4 Å². The molecule has 1 aliphatic heterocycles. The summed E-state index contributed by atoms with van der Waals surface area (Å²) < 4.78 is 43.6. The molecule has 0 fully saturated rings. The average Bonchev–Trinajstić information content (AvgIpc) is 3.36. The lowest BCUT2D eigenvalue weighted by Gasteiger charge is -2.34. The smallest absolute Gasteiger partial charge is 0.416 e. The van der Waals surface area contributed by atoms with E-state index in [-0.39, 0.29) is 12.5 Å². The van der Waals surface area contributed by atoms with Crippen LogP contribution in [0.1, 0.15) is 28.3 Å². The SMILES string of the molecule is O=C(NCc1ccco1)[C@@H]1Cc2nc[nH]c2CN1Cc1ccc(C(F)(F)F)cc1. The quantitative estimate of drug-likeness (QED) is 0.685. The van der Waals surface area contributed by atoms with Crippen LogP contribution in [-0.4, -0.2) is 26.8 Å². The summed E-state index contributed by atoms with van der Waals surface area (Å²) >= 11 is 0. The van der Waals surface area contributed by atoms with E-state index in [1.165, 1.54) is 18.4 Å². The molecule has 0 spiro atoms. The predicted octanol–water partition coefficient (Wildman–Crippen LogP) is 3.26. The fraction of sp³-hybridized carbons (Fsp3) is 0.300. The van der Waals surface area contributed by atoms with Gasteiger partial charge in [-0.2, -0.15) is 13.2 Å². The van der Waals surface area contributed by atoms with Crippen molar-refractivity contribution in [3.05, 3.63) is 77.3 Å². The molecule has 6 nitrogen and oxygen atoms in total. The molecule has 3 aromatic rings. The number of halogens is 3.